The number of nitrogens with zero attached hydrogens (tertiary/aromatic N) is 3. The minimum absolute atomic E-state index is 0.0172. The van der Waals surface area contributed by atoms with E-state index < -0.39 is 12.6 Å². The molecule has 2 aromatic heterocycles. The number of aliphatic hydroxyl groups is 1. The zero-order valence-electron chi connectivity index (χ0n) is 22.8. The fraction of sp³-hybridized carbons (Fsp3) is 0.290. The molecule has 2 aromatic carbocycles. The summed E-state index contributed by atoms with van der Waals surface area (Å²) < 4.78 is 12.8. The molecule has 0 fully saturated rings. The van der Waals surface area contributed by atoms with Crippen molar-refractivity contribution < 1.29 is 19.1 Å². The molecule has 0 unspecified atom stereocenters. The van der Waals surface area contributed by atoms with Crippen LogP contribution in [-0.4, -0.2) is 56.5 Å². The summed E-state index contributed by atoms with van der Waals surface area (Å²) in [5.41, 5.74) is 6.46. The van der Waals surface area contributed by atoms with E-state index >= 15 is 0 Å². The highest BCUT2D eigenvalue weighted by Crippen LogP contribution is 2.34. The maximum Gasteiger partial charge on any atom is 0.255 e. The van der Waals surface area contributed by atoms with E-state index in [-0.39, 0.29) is 17.9 Å². The number of H-pyrrole nitrogens is 1. The summed E-state index contributed by atoms with van der Waals surface area (Å²) in [6.07, 6.45) is 3.96. The zero-order chi connectivity index (χ0) is 28.4. The molecule has 2 amide bonds. The highest BCUT2D eigenvalue weighted by atomic mass is 19.1. The Morgan fingerprint density at radius 2 is 1.90 bits per heavy atom. The molecule has 0 bridgehead atoms. The number of hydrogen-bond acceptors (Lipinski definition) is 5. The second-order valence-electron chi connectivity index (χ2n) is 10.9. The monoisotopic (exact) mass is 541 g/mol. The van der Waals surface area contributed by atoms with Crippen LogP contribution in [0.2, 0.25) is 0 Å². The quantitative estimate of drug-likeness (QED) is 0.309. The third kappa shape index (κ3) is 5.37. The van der Waals surface area contributed by atoms with Crippen molar-refractivity contribution in [2.24, 2.45) is 0 Å². The Balaban J connectivity index is 1.45. The lowest BCUT2D eigenvalue weighted by Gasteiger charge is -2.25. The van der Waals surface area contributed by atoms with Crippen LogP contribution >= 0.6 is 0 Å². The molecule has 3 heterocycles. The Labute approximate surface area is 232 Å². The normalized spacial score (nSPS) is 13.8. The van der Waals surface area contributed by atoms with Gasteiger partial charge in [-0.05, 0) is 47.2 Å². The Morgan fingerprint density at radius 1 is 1.12 bits per heavy atom. The summed E-state index contributed by atoms with van der Waals surface area (Å²) in [7, 11) is 0. The van der Waals surface area contributed by atoms with Crippen molar-refractivity contribution in [1.29, 1.82) is 0 Å². The smallest absolute Gasteiger partial charge is 0.255 e. The molecule has 206 valence electrons. The molecule has 3 N–H and O–H groups in total. The van der Waals surface area contributed by atoms with Gasteiger partial charge in [0, 0.05) is 46.5 Å². The number of benzene rings is 2. The van der Waals surface area contributed by atoms with E-state index in [0.717, 1.165) is 22.2 Å². The number of halogens is 1. The minimum Gasteiger partial charge on any atom is -0.392 e. The van der Waals surface area contributed by atoms with Gasteiger partial charge in [0.2, 0.25) is 0 Å². The number of hydrogen-bond donors (Lipinski definition) is 3. The predicted octanol–water partition coefficient (Wildman–Crippen LogP) is 5.25. The van der Waals surface area contributed by atoms with Gasteiger partial charge in [-0.3, -0.25) is 9.59 Å². The van der Waals surface area contributed by atoms with E-state index in [1.54, 1.807) is 18.2 Å². The molecular weight excluding hydrogens is 509 g/mol. The number of carbonyl (C=O) groups is 2. The van der Waals surface area contributed by atoms with E-state index in [1.165, 1.54) is 11.2 Å². The first-order valence-corrected chi connectivity index (χ1v) is 13.2. The van der Waals surface area contributed by atoms with Crippen LogP contribution in [-0.2, 0) is 16.8 Å². The molecule has 0 saturated carbocycles. The zero-order valence-corrected chi connectivity index (χ0v) is 22.8. The lowest BCUT2D eigenvalue weighted by atomic mass is 9.86. The van der Waals surface area contributed by atoms with Crippen LogP contribution in [0.4, 0.5) is 10.1 Å². The van der Waals surface area contributed by atoms with Gasteiger partial charge in [-0.15, -0.1) is 0 Å². The SMILES string of the molecule is CC(C)(C)c1ccc(C(=O)Nc2cccc(-c3ncnc4[nH]c(C5=CCN(C(=O)CF)CC5)cc34)c2CO)cc1. The second kappa shape index (κ2) is 11.0. The number of rotatable bonds is 6. The maximum absolute atomic E-state index is 13.1. The van der Waals surface area contributed by atoms with Crippen molar-refractivity contribution in [2.75, 3.05) is 25.1 Å². The summed E-state index contributed by atoms with van der Waals surface area (Å²) in [6, 6.07) is 14.9. The summed E-state index contributed by atoms with van der Waals surface area (Å²) in [6.45, 7) is 5.85. The van der Waals surface area contributed by atoms with Gasteiger partial charge in [0.15, 0.2) is 6.67 Å². The Morgan fingerprint density at radius 3 is 2.55 bits per heavy atom. The van der Waals surface area contributed by atoms with Crippen molar-refractivity contribution in [1.82, 2.24) is 19.9 Å². The molecule has 1 aliphatic heterocycles. The van der Waals surface area contributed by atoms with Gasteiger partial charge in [0.25, 0.3) is 11.8 Å². The highest BCUT2D eigenvalue weighted by Gasteiger charge is 2.21. The van der Waals surface area contributed by atoms with Gasteiger partial charge in [-0.2, -0.15) is 0 Å². The van der Waals surface area contributed by atoms with E-state index in [4.69, 9.17) is 0 Å². The van der Waals surface area contributed by atoms with Crippen molar-refractivity contribution in [3.63, 3.8) is 0 Å². The minimum atomic E-state index is -0.995. The third-order valence-corrected chi connectivity index (χ3v) is 7.30. The van der Waals surface area contributed by atoms with Gasteiger partial charge in [0.05, 0.1) is 12.3 Å². The van der Waals surface area contributed by atoms with Crippen LogP contribution in [0.3, 0.4) is 0 Å². The average molecular weight is 542 g/mol. The Bertz CT molecular complexity index is 1600. The molecule has 0 radical (unpaired) electrons. The van der Waals surface area contributed by atoms with Gasteiger partial charge in [0.1, 0.15) is 12.0 Å². The number of aliphatic hydroxyl groups excluding tert-OH is 1. The van der Waals surface area contributed by atoms with E-state index in [2.05, 4.69) is 41.0 Å². The van der Waals surface area contributed by atoms with Crippen molar-refractivity contribution in [2.45, 2.75) is 39.2 Å². The number of amides is 2. The average Bonchev–Trinajstić information content (AvgIpc) is 3.41. The molecule has 1 aliphatic rings. The molecular formula is C31H32FN5O3. The van der Waals surface area contributed by atoms with Crippen LogP contribution in [0, 0.1) is 0 Å². The van der Waals surface area contributed by atoms with Crippen LogP contribution in [0.5, 0.6) is 0 Å². The van der Waals surface area contributed by atoms with Gasteiger partial charge >= 0.3 is 0 Å². The van der Waals surface area contributed by atoms with Crippen LogP contribution in [0.15, 0.2) is 60.9 Å². The van der Waals surface area contributed by atoms with Crippen LogP contribution < -0.4 is 5.32 Å². The molecule has 0 atom stereocenters. The first kappa shape index (κ1) is 27.2. The number of carbonyl (C=O) groups excluding carboxylic acids is 2. The number of aromatic nitrogens is 3. The molecule has 8 nitrogen and oxygen atoms in total. The Kier molecular flexibility index (Phi) is 7.49. The van der Waals surface area contributed by atoms with Crippen molar-refractivity contribution >= 4 is 34.1 Å². The number of nitrogens with one attached hydrogen (secondary N) is 2. The molecule has 9 heteroatoms. The van der Waals surface area contributed by atoms with Crippen molar-refractivity contribution in [3.05, 3.63) is 83.3 Å². The van der Waals surface area contributed by atoms with E-state index in [0.29, 0.717) is 53.2 Å². The lowest BCUT2D eigenvalue weighted by molar-refractivity contribution is -0.131. The lowest BCUT2D eigenvalue weighted by Crippen LogP contribution is -2.35. The summed E-state index contributed by atoms with van der Waals surface area (Å²) in [4.78, 5) is 38.5. The molecule has 40 heavy (non-hydrogen) atoms. The Hall–Kier alpha value is -4.37. The van der Waals surface area contributed by atoms with Crippen molar-refractivity contribution in [3.8, 4) is 11.3 Å². The number of alkyl halides is 1. The molecule has 0 aliphatic carbocycles. The number of aromatic amines is 1. The maximum atomic E-state index is 13.1. The molecule has 4 aromatic rings. The fourth-order valence-electron chi connectivity index (χ4n) is 4.96. The summed E-state index contributed by atoms with van der Waals surface area (Å²) in [5, 5.41) is 14.1. The van der Waals surface area contributed by atoms with Gasteiger partial charge < -0.3 is 20.3 Å². The van der Waals surface area contributed by atoms with E-state index in [9.17, 15) is 19.1 Å². The third-order valence-electron chi connectivity index (χ3n) is 7.30. The molecule has 5 rings (SSSR count). The first-order chi connectivity index (χ1) is 19.2. The van der Waals surface area contributed by atoms with Gasteiger partial charge in [-0.25, -0.2) is 14.4 Å². The highest BCUT2D eigenvalue weighted by molar-refractivity contribution is 6.05. The number of anilines is 1. The van der Waals surface area contributed by atoms with E-state index in [1.807, 2.05) is 36.4 Å². The second-order valence-corrected chi connectivity index (χ2v) is 10.9. The number of fused-ring (bicyclic) bond motifs is 1. The predicted molar refractivity (Wildman–Crippen MR) is 153 cm³/mol. The summed E-state index contributed by atoms with van der Waals surface area (Å²) >= 11 is 0. The first-order valence-electron chi connectivity index (χ1n) is 13.2. The van der Waals surface area contributed by atoms with Crippen LogP contribution in [0.25, 0.3) is 27.9 Å². The molecule has 0 spiro atoms. The topological polar surface area (TPSA) is 111 Å². The molecule has 0 saturated heterocycles. The fourth-order valence-corrected chi connectivity index (χ4v) is 4.96. The van der Waals surface area contributed by atoms with Gasteiger partial charge in [-0.1, -0.05) is 51.1 Å². The standard InChI is InChI=1S/C31H32FN5O3/c1-31(2,3)21-9-7-20(8-10-21)30(40)36-25-6-4-5-22(24(25)17-38)28-23-15-26(35-29(23)34-18-33-28)19-11-13-37(14-12-19)27(39)16-32/h4-11,15,18,38H,12-14,16-17H2,1-3H3,(H,36,40)(H,33,34,35). The summed E-state index contributed by atoms with van der Waals surface area (Å²) in [5.74, 6) is -0.779. The largest absolute Gasteiger partial charge is 0.392 e. The van der Waals surface area contributed by atoms with Crippen LogP contribution in [0.1, 0.15) is 54.4 Å².